The van der Waals surface area contributed by atoms with E-state index in [0.29, 0.717) is 0 Å². The van der Waals surface area contributed by atoms with E-state index in [0.717, 1.165) is 0 Å². The molecule has 0 fully saturated rings. The molecule has 0 saturated carbocycles. The van der Waals surface area contributed by atoms with Crippen LogP contribution in [0.2, 0.25) is 0 Å². The molecular formula is C42H26N2. The maximum Gasteiger partial charge on any atom is 0.0562 e. The van der Waals surface area contributed by atoms with Gasteiger partial charge < -0.3 is 9.13 Å². The molecule has 0 spiro atoms. The highest BCUT2D eigenvalue weighted by Crippen LogP contribution is 2.41. The molecule has 0 saturated heterocycles. The minimum absolute atomic E-state index is 1.17. The number of aromatic nitrogens is 2. The van der Waals surface area contributed by atoms with Gasteiger partial charge in [-0.1, -0.05) is 103 Å². The Kier molecular flexibility index (Phi) is 4.75. The Bertz CT molecular complexity index is 2760. The van der Waals surface area contributed by atoms with Gasteiger partial charge in [-0.05, 0) is 86.9 Å². The lowest BCUT2D eigenvalue weighted by molar-refractivity contribution is 1.17. The lowest BCUT2D eigenvalue weighted by Crippen LogP contribution is -1.96. The molecule has 2 nitrogen and oxygen atoms in total. The first-order valence-electron chi connectivity index (χ1n) is 15.2. The second-order valence-electron chi connectivity index (χ2n) is 11.8. The normalized spacial score (nSPS) is 12.1. The van der Waals surface area contributed by atoms with E-state index >= 15 is 0 Å². The summed E-state index contributed by atoms with van der Waals surface area (Å²) in [4.78, 5) is 0. The molecule has 2 heterocycles. The summed E-state index contributed by atoms with van der Waals surface area (Å²) in [6.07, 6.45) is 0. The fraction of sp³-hybridized carbons (Fsp3) is 0. The summed E-state index contributed by atoms with van der Waals surface area (Å²) in [5, 5.41) is 12.7. The van der Waals surface area contributed by atoms with Crippen LogP contribution in [0.15, 0.2) is 158 Å². The summed E-state index contributed by atoms with van der Waals surface area (Å²) in [7, 11) is 0. The molecule has 2 aromatic heterocycles. The van der Waals surface area contributed by atoms with Gasteiger partial charge in [0.25, 0.3) is 0 Å². The molecule has 0 N–H and O–H groups in total. The number of rotatable bonds is 2. The van der Waals surface area contributed by atoms with Gasteiger partial charge in [-0.3, -0.25) is 0 Å². The van der Waals surface area contributed by atoms with E-state index in [1.165, 1.54) is 87.3 Å². The van der Waals surface area contributed by atoms with Crippen LogP contribution in [0.25, 0.3) is 87.3 Å². The van der Waals surface area contributed by atoms with Crippen LogP contribution in [-0.4, -0.2) is 9.13 Å². The Hall–Kier alpha value is -5.86. The summed E-state index contributed by atoms with van der Waals surface area (Å²) in [5.74, 6) is 0. The molecule has 0 aliphatic carbocycles. The van der Waals surface area contributed by atoms with Crippen LogP contribution in [0.3, 0.4) is 0 Å². The third-order valence-electron chi connectivity index (χ3n) is 9.43. The van der Waals surface area contributed by atoms with Gasteiger partial charge in [0.1, 0.15) is 0 Å². The predicted molar refractivity (Wildman–Crippen MR) is 188 cm³/mol. The van der Waals surface area contributed by atoms with Crippen molar-refractivity contribution in [1.82, 2.24) is 9.13 Å². The molecule has 0 radical (unpaired) electrons. The zero-order valence-electron chi connectivity index (χ0n) is 23.9. The minimum Gasteiger partial charge on any atom is -0.309 e. The minimum atomic E-state index is 1.17. The highest BCUT2D eigenvalue weighted by atomic mass is 15.0. The highest BCUT2D eigenvalue weighted by molar-refractivity contribution is 6.21. The molecule has 0 bridgehead atoms. The number of hydrogen-bond acceptors (Lipinski definition) is 0. The lowest BCUT2D eigenvalue weighted by atomic mass is 10.0. The molecule has 0 unspecified atom stereocenters. The Morgan fingerprint density at radius 1 is 0.250 bits per heavy atom. The van der Waals surface area contributed by atoms with E-state index in [4.69, 9.17) is 0 Å². The number of benzene rings is 8. The van der Waals surface area contributed by atoms with Crippen LogP contribution >= 0.6 is 0 Å². The molecule has 0 atom stereocenters. The molecule has 0 aliphatic rings. The van der Waals surface area contributed by atoms with Crippen molar-refractivity contribution in [3.05, 3.63) is 158 Å². The Morgan fingerprint density at radius 3 is 1.66 bits per heavy atom. The number of nitrogens with zero attached hydrogens (tertiary/aromatic N) is 2. The van der Waals surface area contributed by atoms with Crippen molar-refractivity contribution in [2.45, 2.75) is 0 Å². The summed E-state index contributed by atoms with van der Waals surface area (Å²) in [6, 6.07) is 57.9. The van der Waals surface area contributed by atoms with Crippen LogP contribution < -0.4 is 0 Å². The van der Waals surface area contributed by atoms with Gasteiger partial charge in [0.2, 0.25) is 0 Å². The van der Waals surface area contributed by atoms with Gasteiger partial charge in [-0.25, -0.2) is 0 Å². The van der Waals surface area contributed by atoms with E-state index in [9.17, 15) is 0 Å². The largest absolute Gasteiger partial charge is 0.309 e. The van der Waals surface area contributed by atoms with E-state index in [1.807, 2.05) is 0 Å². The average molecular weight is 559 g/mol. The molecule has 0 amide bonds. The van der Waals surface area contributed by atoms with Gasteiger partial charge in [0.15, 0.2) is 0 Å². The number of para-hydroxylation sites is 2. The topological polar surface area (TPSA) is 9.86 Å². The first-order chi connectivity index (χ1) is 21.8. The molecule has 10 aromatic rings. The Labute approximate surface area is 253 Å². The first kappa shape index (κ1) is 23.7. The first-order valence-corrected chi connectivity index (χ1v) is 15.2. The zero-order valence-corrected chi connectivity index (χ0v) is 23.9. The number of fused-ring (bicyclic) bond motifs is 10. The monoisotopic (exact) mass is 558 g/mol. The van der Waals surface area contributed by atoms with E-state index in [2.05, 4.69) is 167 Å². The predicted octanol–water partition coefficient (Wildman–Crippen LogP) is 11.3. The van der Waals surface area contributed by atoms with Crippen molar-refractivity contribution < 1.29 is 0 Å². The molecule has 44 heavy (non-hydrogen) atoms. The summed E-state index contributed by atoms with van der Waals surface area (Å²) in [5.41, 5.74) is 7.21. The van der Waals surface area contributed by atoms with Crippen molar-refractivity contribution in [2.75, 3.05) is 0 Å². The fourth-order valence-electron chi connectivity index (χ4n) is 7.44. The van der Waals surface area contributed by atoms with E-state index < -0.39 is 0 Å². The van der Waals surface area contributed by atoms with Gasteiger partial charge in [-0.15, -0.1) is 0 Å². The van der Waals surface area contributed by atoms with Crippen molar-refractivity contribution in [1.29, 1.82) is 0 Å². The Balaban J connectivity index is 1.34. The smallest absolute Gasteiger partial charge is 0.0562 e. The third-order valence-corrected chi connectivity index (χ3v) is 9.43. The maximum absolute atomic E-state index is 2.45. The lowest BCUT2D eigenvalue weighted by Gasteiger charge is -2.12. The zero-order chi connectivity index (χ0) is 28.8. The summed E-state index contributed by atoms with van der Waals surface area (Å²) in [6.45, 7) is 0. The van der Waals surface area contributed by atoms with Crippen LogP contribution in [0.4, 0.5) is 0 Å². The van der Waals surface area contributed by atoms with Crippen molar-refractivity contribution in [3.8, 4) is 11.4 Å². The van der Waals surface area contributed by atoms with Crippen LogP contribution in [0.5, 0.6) is 0 Å². The molecule has 8 aromatic carbocycles. The van der Waals surface area contributed by atoms with Gasteiger partial charge in [-0.2, -0.15) is 0 Å². The fourth-order valence-corrected chi connectivity index (χ4v) is 7.44. The van der Waals surface area contributed by atoms with Crippen molar-refractivity contribution in [3.63, 3.8) is 0 Å². The van der Waals surface area contributed by atoms with E-state index in [-0.39, 0.29) is 0 Å². The second-order valence-corrected chi connectivity index (χ2v) is 11.8. The van der Waals surface area contributed by atoms with Crippen LogP contribution in [-0.2, 0) is 0 Å². The standard InChI is InChI=1S/C42H26N2/c1-2-13-31(14-3-1)43-40-24-29-12-5-4-11-28(29)23-36(40)38-25-37-35-16-8-9-17-39(35)44(41(37)26-42(38)43)32-20-21-34-30(22-32)19-18-27-10-6-7-15-33(27)34/h1-26H. The van der Waals surface area contributed by atoms with E-state index in [1.54, 1.807) is 0 Å². The second kappa shape index (κ2) is 8.82. The summed E-state index contributed by atoms with van der Waals surface area (Å²) < 4.78 is 4.88. The maximum atomic E-state index is 2.45. The van der Waals surface area contributed by atoms with Crippen LogP contribution in [0, 0.1) is 0 Å². The van der Waals surface area contributed by atoms with Crippen molar-refractivity contribution in [2.24, 2.45) is 0 Å². The quantitative estimate of drug-likeness (QED) is 0.187. The summed E-state index contributed by atoms with van der Waals surface area (Å²) >= 11 is 0. The van der Waals surface area contributed by atoms with Gasteiger partial charge >= 0.3 is 0 Å². The molecule has 0 aliphatic heterocycles. The molecule has 2 heteroatoms. The SMILES string of the molecule is c1ccc(-n2c3cc4ccccc4cc3c3cc4c5ccccc5n(-c5ccc6c(ccc7ccccc76)c5)c4cc32)cc1. The highest BCUT2D eigenvalue weighted by Gasteiger charge is 2.19. The number of hydrogen-bond donors (Lipinski definition) is 0. The van der Waals surface area contributed by atoms with Crippen molar-refractivity contribution >= 4 is 75.9 Å². The van der Waals surface area contributed by atoms with Gasteiger partial charge in [0, 0.05) is 32.9 Å². The third kappa shape index (κ3) is 3.25. The van der Waals surface area contributed by atoms with Gasteiger partial charge in [0.05, 0.1) is 22.1 Å². The average Bonchev–Trinajstić information content (AvgIpc) is 3.57. The molecule has 10 rings (SSSR count). The Morgan fingerprint density at radius 2 is 0.818 bits per heavy atom. The molecular weight excluding hydrogens is 532 g/mol. The van der Waals surface area contributed by atoms with Crippen LogP contribution in [0.1, 0.15) is 0 Å². The molecule has 204 valence electrons.